The number of carbonyl (C=O) groups excluding carboxylic acids is 1. The Hall–Kier alpha value is -1.12. The first-order chi connectivity index (χ1) is 10.5. The fourth-order valence-electron chi connectivity index (χ4n) is 6.10. The van der Waals surface area contributed by atoms with E-state index in [1.54, 1.807) is 4.90 Å². The molecule has 4 aliphatic carbocycles. The molecule has 1 aliphatic heterocycles. The van der Waals surface area contributed by atoms with Gasteiger partial charge in [-0.25, -0.2) is 0 Å². The standard InChI is InChI=1S/C17H26N4O/c18-9-14-2-1-3-21(14)15(22)10-20-17-7-12-4-13(8-17)6-16(19,5-12)11-17/h12-14,20H,1-8,10-11,19H2. The lowest BCUT2D eigenvalue weighted by Gasteiger charge is -2.61. The monoisotopic (exact) mass is 302 g/mol. The van der Waals surface area contributed by atoms with Crippen molar-refractivity contribution in [2.45, 2.75) is 68.5 Å². The number of hydrogen-bond acceptors (Lipinski definition) is 4. The third kappa shape index (κ3) is 2.33. The lowest BCUT2D eigenvalue weighted by molar-refractivity contribution is -0.131. The number of nitrogens with zero attached hydrogens (tertiary/aromatic N) is 2. The van der Waals surface area contributed by atoms with Gasteiger partial charge in [-0.05, 0) is 63.2 Å². The summed E-state index contributed by atoms with van der Waals surface area (Å²) in [6.45, 7) is 1.10. The van der Waals surface area contributed by atoms with Gasteiger partial charge in [0.2, 0.25) is 5.91 Å². The van der Waals surface area contributed by atoms with Gasteiger partial charge in [-0.1, -0.05) is 0 Å². The van der Waals surface area contributed by atoms with E-state index in [-0.39, 0.29) is 23.0 Å². The van der Waals surface area contributed by atoms with Crippen LogP contribution in [0.25, 0.3) is 0 Å². The van der Waals surface area contributed by atoms with Crippen molar-refractivity contribution in [2.75, 3.05) is 13.1 Å². The molecule has 1 amide bonds. The van der Waals surface area contributed by atoms with Gasteiger partial charge in [0.1, 0.15) is 6.04 Å². The fourth-order valence-corrected chi connectivity index (χ4v) is 6.10. The van der Waals surface area contributed by atoms with Crippen molar-refractivity contribution >= 4 is 5.91 Å². The molecule has 0 spiro atoms. The van der Waals surface area contributed by atoms with E-state index < -0.39 is 0 Å². The summed E-state index contributed by atoms with van der Waals surface area (Å²) < 4.78 is 0. The van der Waals surface area contributed by atoms with Crippen molar-refractivity contribution in [3.63, 3.8) is 0 Å². The third-order valence-corrected chi connectivity index (χ3v) is 6.44. The summed E-state index contributed by atoms with van der Waals surface area (Å²) in [5.74, 6) is 1.57. The highest BCUT2D eigenvalue weighted by Crippen LogP contribution is 2.56. The van der Waals surface area contributed by atoms with Crippen LogP contribution in [-0.2, 0) is 4.79 Å². The summed E-state index contributed by atoms with van der Waals surface area (Å²) in [7, 11) is 0. The maximum atomic E-state index is 12.5. The first-order valence-electron chi connectivity index (χ1n) is 8.74. The molecule has 22 heavy (non-hydrogen) atoms. The van der Waals surface area contributed by atoms with Gasteiger partial charge in [-0.15, -0.1) is 0 Å². The summed E-state index contributed by atoms with van der Waals surface area (Å²) >= 11 is 0. The molecular weight excluding hydrogens is 276 g/mol. The number of amides is 1. The van der Waals surface area contributed by atoms with Crippen molar-refractivity contribution in [2.24, 2.45) is 17.6 Å². The summed E-state index contributed by atoms with van der Waals surface area (Å²) in [6.07, 6.45) is 8.82. The molecule has 120 valence electrons. The molecule has 4 bridgehead atoms. The quantitative estimate of drug-likeness (QED) is 0.819. The zero-order valence-corrected chi connectivity index (χ0v) is 13.2. The highest BCUT2D eigenvalue weighted by atomic mass is 16.2. The molecule has 0 aromatic rings. The second kappa shape index (κ2) is 4.94. The highest BCUT2D eigenvalue weighted by Gasteiger charge is 2.56. The van der Waals surface area contributed by atoms with Gasteiger partial charge in [-0.3, -0.25) is 4.79 Å². The first kappa shape index (κ1) is 14.5. The van der Waals surface area contributed by atoms with Gasteiger partial charge in [0.25, 0.3) is 0 Å². The maximum absolute atomic E-state index is 12.5. The van der Waals surface area contributed by atoms with Crippen LogP contribution in [0.4, 0.5) is 0 Å². The zero-order chi connectivity index (χ0) is 15.4. The van der Waals surface area contributed by atoms with Gasteiger partial charge in [0.05, 0.1) is 12.6 Å². The molecule has 1 saturated heterocycles. The van der Waals surface area contributed by atoms with Crippen molar-refractivity contribution < 1.29 is 4.79 Å². The van der Waals surface area contributed by atoms with E-state index in [1.165, 1.54) is 32.1 Å². The summed E-state index contributed by atoms with van der Waals surface area (Å²) in [5.41, 5.74) is 6.68. The smallest absolute Gasteiger partial charge is 0.237 e. The van der Waals surface area contributed by atoms with Crippen LogP contribution in [-0.4, -0.2) is 41.0 Å². The Kier molecular flexibility index (Phi) is 3.25. The SMILES string of the molecule is N#CC1CCCN1C(=O)CNC12CC3CC(CC(N)(C3)C1)C2. The Morgan fingerprint density at radius 2 is 2.05 bits per heavy atom. The number of carbonyl (C=O) groups is 1. The van der Waals surface area contributed by atoms with Gasteiger partial charge in [0, 0.05) is 17.6 Å². The van der Waals surface area contributed by atoms with E-state index in [0.717, 1.165) is 37.6 Å². The van der Waals surface area contributed by atoms with Crippen LogP contribution in [0.2, 0.25) is 0 Å². The molecule has 3 N–H and O–H groups in total. The van der Waals surface area contributed by atoms with Crippen molar-refractivity contribution in [1.82, 2.24) is 10.2 Å². The van der Waals surface area contributed by atoms with Gasteiger partial charge >= 0.3 is 0 Å². The first-order valence-corrected chi connectivity index (χ1v) is 8.74. The second-order valence-electron chi connectivity index (χ2n) is 8.33. The lowest BCUT2D eigenvalue weighted by Crippen LogP contribution is -2.68. The summed E-state index contributed by atoms with van der Waals surface area (Å²) in [6, 6.07) is 2.04. The van der Waals surface area contributed by atoms with Gasteiger partial charge < -0.3 is 16.0 Å². The number of hydrogen-bond donors (Lipinski definition) is 2. The average molecular weight is 302 g/mol. The normalized spacial score (nSPS) is 46.0. The molecular formula is C17H26N4O. The van der Waals surface area contributed by atoms with Crippen LogP contribution in [0.15, 0.2) is 0 Å². The van der Waals surface area contributed by atoms with E-state index in [9.17, 15) is 4.79 Å². The lowest BCUT2D eigenvalue weighted by atomic mass is 9.50. The molecule has 3 atom stereocenters. The fraction of sp³-hybridized carbons (Fsp3) is 0.882. The Labute approximate surface area is 132 Å². The Bertz CT molecular complexity index is 511. The van der Waals surface area contributed by atoms with Crippen molar-refractivity contribution in [3.05, 3.63) is 0 Å². The van der Waals surface area contributed by atoms with Crippen LogP contribution in [0.1, 0.15) is 51.4 Å². The van der Waals surface area contributed by atoms with Crippen LogP contribution in [0.3, 0.4) is 0 Å². The molecule has 5 rings (SSSR count). The molecule has 0 radical (unpaired) electrons. The molecule has 0 aromatic carbocycles. The molecule has 4 saturated carbocycles. The van der Waals surface area contributed by atoms with E-state index >= 15 is 0 Å². The Morgan fingerprint density at radius 1 is 1.32 bits per heavy atom. The molecule has 5 heteroatoms. The van der Waals surface area contributed by atoms with Gasteiger partial charge in [0.15, 0.2) is 0 Å². The second-order valence-corrected chi connectivity index (χ2v) is 8.33. The Morgan fingerprint density at radius 3 is 2.68 bits per heavy atom. The minimum atomic E-state index is -0.216. The Balaban J connectivity index is 1.41. The maximum Gasteiger partial charge on any atom is 0.237 e. The molecule has 1 heterocycles. The molecule has 5 fully saturated rings. The van der Waals surface area contributed by atoms with Crippen molar-refractivity contribution in [1.29, 1.82) is 5.26 Å². The molecule has 0 aromatic heterocycles. The van der Waals surface area contributed by atoms with Crippen LogP contribution < -0.4 is 11.1 Å². The van der Waals surface area contributed by atoms with E-state index in [4.69, 9.17) is 11.0 Å². The molecule has 5 aliphatic rings. The average Bonchev–Trinajstić information content (AvgIpc) is 2.90. The van der Waals surface area contributed by atoms with Gasteiger partial charge in [-0.2, -0.15) is 5.26 Å². The van der Waals surface area contributed by atoms with E-state index in [1.807, 2.05) is 0 Å². The summed E-state index contributed by atoms with van der Waals surface area (Å²) in [4.78, 5) is 14.2. The van der Waals surface area contributed by atoms with E-state index in [0.29, 0.717) is 6.54 Å². The number of rotatable bonds is 3. The van der Waals surface area contributed by atoms with Crippen LogP contribution in [0, 0.1) is 23.2 Å². The predicted octanol–water partition coefficient (Wildman–Crippen LogP) is 1.14. The number of nitrogens with two attached hydrogens (primary N) is 1. The number of nitriles is 1. The van der Waals surface area contributed by atoms with Crippen LogP contribution >= 0.6 is 0 Å². The van der Waals surface area contributed by atoms with E-state index in [2.05, 4.69) is 11.4 Å². The predicted molar refractivity (Wildman–Crippen MR) is 82.7 cm³/mol. The molecule has 3 unspecified atom stereocenters. The zero-order valence-electron chi connectivity index (χ0n) is 13.2. The minimum Gasteiger partial charge on any atom is -0.326 e. The van der Waals surface area contributed by atoms with Crippen LogP contribution in [0.5, 0.6) is 0 Å². The van der Waals surface area contributed by atoms with Crippen molar-refractivity contribution in [3.8, 4) is 6.07 Å². The topological polar surface area (TPSA) is 82.2 Å². The highest BCUT2D eigenvalue weighted by molar-refractivity contribution is 5.79. The largest absolute Gasteiger partial charge is 0.326 e. The molecule has 5 nitrogen and oxygen atoms in total. The third-order valence-electron chi connectivity index (χ3n) is 6.44. The number of likely N-dealkylation sites (tertiary alicyclic amines) is 1. The summed E-state index contributed by atoms with van der Waals surface area (Å²) in [5, 5.41) is 12.7. The number of nitrogens with one attached hydrogen (secondary N) is 1. The minimum absolute atomic E-state index is 0.00294.